The molecule has 1 amide bonds. The maximum atomic E-state index is 12.5. The van der Waals surface area contributed by atoms with Gasteiger partial charge in [0.05, 0.1) is 35.0 Å². The molecule has 2 aromatic carbocycles. The Kier molecular flexibility index (Phi) is 5.29. The second kappa shape index (κ2) is 7.84. The molecule has 1 N–H and O–H groups in total. The third kappa shape index (κ3) is 3.92. The van der Waals surface area contributed by atoms with Crippen LogP contribution in [0.2, 0.25) is 0 Å². The zero-order valence-corrected chi connectivity index (χ0v) is 17.1. The smallest absolute Gasteiger partial charge is 0.255 e. The number of carbonyl (C=O) groups excluding carboxylic acids is 1. The van der Waals surface area contributed by atoms with Crippen molar-refractivity contribution in [2.45, 2.75) is 0 Å². The summed E-state index contributed by atoms with van der Waals surface area (Å²) in [6.07, 6.45) is 0. The van der Waals surface area contributed by atoms with Gasteiger partial charge in [0.2, 0.25) is 0 Å². The van der Waals surface area contributed by atoms with Gasteiger partial charge in [-0.1, -0.05) is 11.3 Å². The number of aromatic nitrogens is 1. The summed E-state index contributed by atoms with van der Waals surface area (Å²) in [4.78, 5) is 19.5. The lowest BCUT2D eigenvalue weighted by molar-refractivity contribution is 0.102. The van der Waals surface area contributed by atoms with Crippen LogP contribution < -0.4 is 15.0 Å². The maximum absolute atomic E-state index is 12.5. The van der Waals surface area contributed by atoms with E-state index in [1.54, 1.807) is 36.6 Å². The molecule has 2 heterocycles. The van der Waals surface area contributed by atoms with Gasteiger partial charge in [-0.2, -0.15) is 0 Å². The lowest BCUT2D eigenvalue weighted by atomic mass is 10.2. The van der Waals surface area contributed by atoms with Crippen LogP contribution in [0.4, 0.5) is 10.8 Å². The predicted molar refractivity (Wildman–Crippen MR) is 111 cm³/mol. The number of amides is 1. The van der Waals surface area contributed by atoms with Crippen molar-refractivity contribution in [1.29, 1.82) is 0 Å². The number of hydrogen-bond donors (Lipinski definition) is 1. The molecular formula is C19H18BrN3O3S. The van der Waals surface area contributed by atoms with Gasteiger partial charge in [-0.15, -0.1) is 0 Å². The lowest BCUT2D eigenvalue weighted by Gasteiger charge is -2.25. The highest BCUT2D eigenvalue weighted by atomic mass is 79.9. The maximum Gasteiger partial charge on any atom is 0.255 e. The summed E-state index contributed by atoms with van der Waals surface area (Å²) >= 11 is 5.04. The standard InChI is InChI=1S/C19H18BrN3O3S/c1-25-16-5-2-12(10-14(16)20)18(24)21-13-3-4-15-17(11-13)27-19(22-15)23-6-8-26-9-7-23/h2-5,10-11H,6-9H2,1H3,(H,21,24). The van der Waals surface area contributed by atoms with Gasteiger partial charge >= 0.3 is 0 Å². The van der Waals surface area contributed by atoms with E-state index in [0.717, 1.165) is 51.8 Å². The summed E-state index contributed by atoms with van der Waals surface area (Å²) < 4.78 is 12.4. The van der Waals surface area contributed by atoms with Crippen molar-refractivity contribution < 1.29 is 14.3 Å². The Morgan fingerprint density at radius 1 is 1.26 bits per heavy atom. The van der Waals surface area contributed by atoms with Crippen LogP contribution in [0.1, 0.15) is 10.4 Å². The molecule has 0 unspecified atom stereocenters. The number of morpholine rings is 1. The van der Waals surface area contributed by atoms with Crippen LogP contribution in [-0.2, 0) is 4.74 Å². The number of fused-ring (bicyclic) bond motifs is 1. The van der Waals surface area contributed by atoms with E-state index in [1.807, 2.05) is 18.2 Å². The van der Waals surface area contributed by atoms with Gasteiger partial charge in [0.25, 0.3) is 5.91 Å². The molecule has 140 valence electrons. The van der Waals surface area contributed by atoms with Crippen molar-refractivity contribution in [1.82, 2.24) is 4.98 Å². The zero-order chi connectivity index (χ0) is 18.8. The Balaban J connectivity index is 1.53. The van der Waals surface area contributed by atoms with Crippen LogP contribution in [0, 0.1) is 0 Å². The van der Waals surface area contributed by atoms with Gasteiger partial charge in [-0.3, -0.25) is 4.79 Å². The second-order valence-corrected chi connectivity index (χ2v) is 7.95. The van der Waals surface area contributed by atoms with Crippen LogP contribution in [-0.4, -0.2) is 44.3 Å². The number of benzene rings is 2. The number of thiazole rings is 1. The molecule has 0 bridgehead atoms. The highest BCUT2D eigenvalue weighted by Gasteiger charge is 2.16. The molecule has 1 aliphatic rings. The van der Waals surface area contributed by atoms with Gasteiger partial charge in [-0.05, 0) is 52.3 Å². The van der Waals surface area contributed by atoms with E-state index in [-0.39, 0.29) is 5.91 Å². The fraction of sp³-hybridized carbons (Fsp3) is 0.263. The Labute approximate surface area is 169 Å². The molecule has 0 saturated carbocycles. The number of nitrogens with one attached hydrogen (secondary N) is 1. The molecule has 27 heavy (non-hydrogen) atoms. The molecular weight excluding hydrogens is 430 g/mol. The van der Waals surface area contributed by atoms with Crippen LogP contribution >= 0.6 is 27.3 Å². The number of ether oxygens (including phenoxy) is 2. The van der Waals surface area contributed by atoms with Crippen LogP contribution in [0.3, 0.4) is 0 Å². The summed E-state index contributed by atoms with van der Waals surface area (Å²) in [6, 6.07) is 11.0. The molecule has 6 nitrogen and oxygen atoms in total. The van der Waals surface area contributed by atoms with E-state index in [2.05, 4.69) is 26.1 Å². The normalized spacial score (nSPS) is 14.4. The second-order valence-electron chi connectivity index (χ2n) is 6.08. The third-order valence-corrected chi connectivity index (χ3v) is 6.03. The van der Waals surface area contributed by atoms with Gasteiger partial charge in [0.15, 0.2) is 5.13 Å². The first-order valence-corrected chi connectivity index (χ1v) is 10.1. The monoisotopic (exact) mass is 447 g/mol. The summed E-state index contributed by atoms with van der Waals surface area (Å²) in [5.41, 5.74) is 2.24. The number of nitrogens with zero attached hydrogens (tertiary/aromatic N) is 2. The van der Waals surface area contributed by atoms with Crippen molar-refractivity contribution in [2.75, 3.05) is 43.6 Å². The lowest BCUT2D eigenvalue weighted by Crippen LogP contribution is -2.36. The van der Waals surface area contributed by atoms with E-state index < -0.39 is 0 Å². The fourth-order valence-electron chi connectivity index (χ4n) is 2.89. The predicted octanol–water partition coefficient (Wildman–Crippen LogP) is 4.16. The summed E-state index contributed by atoms with van der Waals surface area (Å²) in [6.45, 7) is 3.18. The molecule has 8 heteroatoms. The first kappa shape index (κ1) is 18.2. The molecule has 1 fully saturated rings. The van der Waals surface area contributed by atoms with Crippen LogP contribution in [0.25, 0.3) is 10.2 Å². The largest absolute Gasteiger partial charge is 0.496 e. The molecule has 0 aliphatic carbocycles. The number of methoxy groups -OCH3 is 1. The van der Waals surface area contributed by atoms with Crippen molar-refractivity contribution in [3.63, 3.8) is 0 Å². The minimum atomic E-state index is -0.171. The van der Waals surface area contributed by atoms with Gasteiger partial charge in [0.1, 0.15) is 5.75 Å². The molecule has 1 saturated heterocycles. The first-order valence-electron chi connectivity index (χ1n) is 8.52. The molecule has 0 radical (unpaired) electrons. The van der Waals surface area contributed by atoms with Crippen molar-refractivity contribution in [3.8, 4) is 5.75 Å². The zero-order valence-electron chi connectivity index (χ0n) is 14.7. The summed E-state index contributed by atoms with van der Waals surface area (Å²) in [7, 11) is 1.59. The average Bonchev–Trinajstić information content (AvgIpc) is 3.12. The number of hydrogen-bond acceptors (Lipinski definition) is 6. The molecule has 3 aromatic rings. The SMILES string of the molecule is COc1ccc(C(=O)Nc2ccc3nc(N4CCOCC4)sc3c2)cc1Br. The number of carbonyl (C=O) groups is 1. The molecule has 1 aliphatic heterocycles. The van der Waals surface area contributed by atoms with Crippen molar-refractivity contribution in [2.24, 2.45) is 0 Å². The minimum absolute atomic E-state index is 0.171. The van der Waals surface area contributed by atoms with E-state index in [0.29, 0.717) is 11.3 Å². The molecule has 1 aromatic heterocycles. The van der Waals surface area contributed by atoms with Crippen LogP contribution in [0.5, 0.6) is 5.75 Å². The number of rotatable bonds is 4. The Morgan fingerprint density at radius 3 is 2.81 bits per heavy atom. The van der Waals surface area contributed by atoms with Gasteiger partial charge in [0, 0.05) is 24.3 Å². The average molecular weight is 448 g/mol. The third-order valence-electron chi connectivity index (χ3n) is 4.33. The van der Waals surface area contributed by atoms with Gasteiger partial charge in [-0.25, -0.2) is 4.98 Å². The minimum Gasteiger partial charge on any atom is -0.496 e. The summed E-state index contributed by atoms with van der Waals surface area (Å²) in [5.74, 6) is 0.517. The van der Waals surface area contributed by atoms with E-state index >= 15 is 0 Å². The summed E-state index contributed by atoms with van der Waals surface area (Å²) in [5, 5.41) is 3.94. The Hall–Kier alpha value is -2.16. The van der Waals surface area contributed by atoms with Crippen molar-refractivity contribution >= 4 is 54.2 Å². The quantitative estimate of drug-likeness (QED) is 0.650. The number of halogens is 1. The molecule has 0 atom stereocenters. The van der Waals surface area contributed by atoms with Crippen LogP contribution in [0.15, 0.2) is 40.9 Å². The molecule has 0 spiro atoms. The van der Waals surface area contributed by atoms with E-state index in [1.165, 1.54) is 0 Å². The number of anilines is 2. The fourth-order valence-corrected chi connectivity index (χ4v) is 4.49. The van der Waals surface area contributed by atoms with E-state index in [9.17, 15) is 4.79 Å². The Bertz CT molecular complexity index is 985. The van der Waals surface area contributed by atoms with Gasteiger partial charge < -0.3 is 19.7 Å². The molecule has 4 rings (SSSR count). The topological polar surface area (TPSA) is 63.7 Å². The highest BCUT2D eigenvalue weighted by molar-refractivity contribution is 9.10. The van der Waals surface area contributed by atoms with E-state index in [4.69, 9.17) is 14.5 Å². The van der Waals surface area contributed by atoms with Crippen molar-refractivity contribution in [3.05, 3.63) is 46.4 Å². The first-order chi connectivity index (χ1) is 13.1. The highest BCUT2D eigenvalue weighted by Crippen LogP contribution is 2.31. The Morgan fingerprint density at radius 2 is 2.07 bits per heavy atom.